The average molecular weight is 357 g/mol. The Hall–Kier alpha value is -1.96. The van der Waals surface area contributed by atoms with Gasteiger partial charge in [0.25, 0.3) is 0 Å². The Labute approximate surface area is 146 Å². The molecule has 0 radical (unpaired) electrons. The van der Waals surface area contributed by atoms with E-state index in [9.17, 15) is 0 Å². The third-order valence-corrected chi connectivity index (χ3v) is 5.69. The van der Waals surface area contributed by atoms with Gasteiger partial charge in [-0.15, -0.1) is 5.10 Å². The van der Waals surface area contributed by atoms with E-state index in [0.29, 0.717) is 0 Å². The van der Waals surface area contributed by atoms with Crippen LogP contribution in [0.2, 0.25) is 0 Å². The molecule has 0 N–H and O–H groups in total. The summed E-state index contributed by atoms with van der Waals surface area (Å²) in [6, 6.07) is 16.0. The summed E-state index contributed by atoms with van der Waals surface area (Å²) >= 11 is 8.62. The smallest absolute Gasteiger partial charge is 0.184 e. The Morgan fingerprint density at radius 1 is 1.09 bits per heavy atom. The summed E-state index contributed by atoms with van der Waals surface area (Å²) in [6.45, 7) is 0. The first-order valence-corrected chi connectivity index (χ1v) is 9.22. The molecule has 4 aromatic rings. The number of fused-ring (bicyclic) bond motifs is 1. The number of pyridine rings is 1. The molecule has 4 rings (SSSR count). The summed E-state index contributed by atoms with van der Waals surface area (Å²) in [4.78, 5) is 4.60. The summed E-state index contributed by atoms with van der Waals surface area (Å²) in [5.74, 6) is 0.777. The molecule has 0 aliphatic heterocycles. The molecule has 0 aliphatic carbocycles. The molecule has 114 valence electrons. The lowest BCUT2D eigenvalue weighted by atomic mass is 10.3. The fourth-order valence-electron chi connectivity index (χ4n) is 2.24. The van der Waals surface area contributed by atoms with Crippen molar-refractivity contribution >= 4 is 41.0 Å². The molecule has 3 heterocycles. The van der Waals surface area contributed by atoms with Crippen molar-refractivity contribution in [2.24, 2.45) is 0 Å². The third-order valence-electron chi connectivity index (χ3n) is 3.29. The number of aromatic nitrogens is 4. The first kappa shape index (κ1) is 14.6. The molecule has 0 atom stereocenters. The van der Waals surface area contributed by atoms with Crippen LogP contribution in [-0.2, 0) is 5.75 Å². The highest BCUT2D eigenvalue weighted by Gasteiger charge is 2.08. The number of thioether (sulfide) groups is 1. The highest BCUT2D eigenvalue weighted by molar-refractivity contribution is 8.00. The number of nitrogens with zero attached hydrogens (tertiary/aromatic N) is 4. The van der Waals surface area contributed by atoms with Crippen LogP contribution in [0, 0.1) is 3.95 Å². The van der Waals surface area contributed by atoms with Gasteiger partial charge in [0.2, 0.25) is 0 Å². The molecule has 3 aromatic heterocycles. The van der Waals surface area contributed by atoms with Crippen molar-refractivity contribution in [3.63, 3.8) is 0 Å². The van der Waals surface area contributed by atoms with E-state index >= 15 is 0 Å². The van der Waals surface area contributed by atoms with Crippen LogP contribution in [0.5, 0.6) is 0 Å². The second kappa shape index (κ2) is 6.27. The average Bonchev–Trinajstić information content (AvgIpc) is 3.16. The van der Waals surface area contributed by atoms with Gasteiger partial charge in [-0.3, -0.25) is 0 Å². The molecule has 1 aromatic carbocycles. The summed E-state index contributed by atoms with van der Waals surface area (Å²) in [5, 5.41) is 4.61. The van der Waals surface area contributed by atoms with Gasteiger partial charge in [0, 0.05) is 18.1 Å². The standard InChI is InChI=1S/C16H12N4S3/c21-16-20(13-6-2-1-3-7-13)18-15(23-16)22-11-12-10-19-9-5-4-8-14(19)17-12/h1-10H,11H2. The van der Waals surface area contributed by atoms with Gasteiger partial charge in [-0.05, 0) is 36.5 Å². The maximum Gasteiger partial charge on any atom is 0.184 e. The van der Waals surface area contributed by atoms with Crippen LogP contribution in [0.15, 0.2) is 65.3 Å². The van der Waals surface area contributed by atoms with Gasteiger partial charge in [-0.25, -0.2) is 9.67 Å². The van der Waals surface area contributed by atoms with Crippen LogP contribution in [-0.4, -0.2) is 19.2 Å². The minimum absolute atomic E-state index is 0.758. The highest BCUT2D eigenvalue weighted by Crippen LogP contribution is 2.27. The van der Waals surface area contributed by atoms with Crippen molar-refractivity contribution < 1.29 is 0 Å². The zero-order chi connectivity index (χ0) is 15.6. The number of rotatable bonds is 4. The van der Waals surface area contributed by atoms with Crippen LogP contribution in [0.4, 0.5) is 0 Å². The predicted octanol–water partition coefficient (Wildman–Crippen LogP) is 4.60. The van der Waals surface area contributed by atoms with Crippen molar-refractivity contribution in [3.8, 4) is 5.69 Å². The Morgan fingerprint density at radius 3 is 2.74 bits per heavy atom. The number of hydrogen-bond acceptors (Lipinski definition) is 5. The van der Waals surface area contributed by atoms with E-state index in [1.807, 2.05) is 63.8 Å². The molecule has 0 aliphatic rings. The molecule has 0 bridgehead atoms. The van der Waals surface area contributed by atoms with Gasteiger partial charge in [-0.2, -0.15) is 0 Å². The van der Waals surface area contributed by atoms with Crippen molar-refractivity contribution in [1.82, 2.24) is 19.2 Å². The second-order valence-corrected chi connectivity index (χ2v) is 7.71. The Kier molecular flexibility index (Phi) is 3.99. The predicted molar refractivity (Wildman–Crippen MR) is 97.0 cm³/mol. The SMILES string of the molecule is S=c1sc(SCc2cn3ccccc3n2)nn1-c1ccccc1. The molecule has 23 heavy (non-hydrogen) atoms. The molecular formula is C16H12N4S3. The van der Waals surface area contributed by atoms with E-state index in [4.69, 9.17) is 12.2 Å². The third kappa shape index (κ3) is 3.08. The van der Waals surface area contributed by atoms with Crippen molar-refractivity contribution in [2.45, 2.75) is 10.1 Å². The first-order valence-electron chi connectivity index (χ1n) is 7.00. The van der Waals surface area contributed by atoms with Crippen molar-refractivity contribution in [2.75, 3.05) is 0 Å². The molecule has 4 nitrogen and oxygen atoms in total. The lowest BCUT2D eigenvalue weighted by Gasteiger charge is -1.98. The van der Waals surface area contributed by atoms with E-state index in [1.165, 1.54) is 11.3 Å². The van der Waals surface area contributed by atoms with Crippen molar-refractivity contribution in [3.05, 3.63) is 70.6 Å². The van der Waals surface area contributed by atoms with Gasteiger partial charge in [0.05, 0.1) is 11.4 Å². The molecule has 0 fully saturated rings. The molecule has 7 heteroatoms. The number of benzene rings is 1. The van der Waals surface area contributed by atoms with Gasteiger partial charge in [0.1, 0.15) is 5.65 Å². The van der Waals surface area contributed by atoms with E-state index in [0.717, 1.165) is 31.1 Å². The summed E-state index contributed by atoms with van der Waals surface area (Å²) in [7, 11) is 0. The zero-order valence-corrected chi connectivity index (χ0v) is 14.4. The van der Waals surface area contributed by atoms with Gasteiger partial charge in [0.15, 0.2) is 8.29 Å². The summed E-state index contributed by atoms with van der Waals surface area (Å²) < 4.78 is 5.55. The van der Waals surface area contributed by atoms with E-state index in [1.54, 1.807) is 11.8 Å². The van der Waals surface area contributed by atoms with Crippen LogP contribution in [0.1, 0.15) is 5.69 Å². The maximum atomic E-state index is 5.42. The highest BCUT2D eigenvalue weighted by atomic mass is 32.2. The summed E-state index contributed by atoms with van der Waals surface area (Å²) in [6.07, 6.45) is 4.06. The van der Waals surface area contributed by atoms with E-state index < -0.39 is 0 Å². The Morgan fingerprint density at radius 2 is 1.91 bits per heavy atom. The number of hydrogen-bond donors (Lipinski definition) is 0. The fourth-order valence-corrected chi connectivity index (χ4v) is 4.49. The quantitative estimate of drug-likeness (QED) is 0.395. The topological polar surface area (TPSA) is 35.1 Å². The lowest BCUT2D eigenvalue weighted by Crippen LogP contribution is -1.95. The van der Waals surface area contributed by atoms with E-state index in [-0.39, 0.29) is 0 Å². The zero-order valence-electron chi connectivity index (χ0n) is 12.0. The van der Waals surface area contributed by atoms with Crippen LogP contribution in [0.3, 0.4) is 0 Å². The Bertz CT molecular complexity index is 968. The first-order chi connectivity index (χ1) is 11.3. The molecule has 0 spiro atoms. The minimum Gasteiger partial charge on any atom is -0.307 e. The van der Waals surface area contributed by atoms with Gasteiger partial charge in [-0.1, -0.05) is 47.4 Å². The lowest BCUT2D eigenvalue weighted by molar-refractivity contribution is 0.829. The molecular weight excluding hydrogens is 344 g/mol. The van der Waals surface area contributed by atoms with Crippen LogP contribution >= 0.6 is 35.3 Å². The molecule has 0 saturated heterocycles. The number of para-hydroxylation sites is 1. The largest absolute Gasteiger partial charge is 0.307 e. The Balaban J connectivity index is 1.54. The van der Waals surface area contributed by atoms with E-state index in [2.05, 4.69) is 16.3 Å². The molecule has 0 saturated carbocycles. The minimum atomic E-state index is 0.758. The second-order valence-electron chi connectivity index (χ2n) is 4.87. The number of imidazole rings is 1. The molecule has 0 unspecified atom stereocenters. The normalized spacial score (nSPS) is 11.1. The monoisotopic (exact) mass is 356 g/mol. The molecule has 0 amide bonds. The van der Waals surface area contributed by atoms with Crippen LogP contribution < -0.4 is 0 Å². The van der Waals surface area contributed by atoms with Crippen LogP contribution in [0.25, 0.3) is 11.3 Å². The summed E-state index contributed by atoms with van der Waals surface area (Å²) in [5.41, 5.74) is 2.99. The van der Waals surface area contributed by atoms with Crippen molar-refractivity contribution in [1.29, 1.82) is 0 Å². The van der Waals surface area contributed by atoms with Gasteiger partial charge >= 0.3 is 0 Å². The maximum absolute atomic E-state index is 5.42. The fraction of sp³-hybridized carbons (Fsp3) is 0.0625. The van der Waals surface area contributed by atoms with Gasteiger partial charge < -0.3 is 4.40 Å².